The summed E-state index contributed by atoms with van der Waals surface area (Å²) >= 11 is 0. The second-order valence-corrected chi connectivity index (χ2v) is 5.91. The Balaban J connectivity index is 2.54. The van der Waals surface area contributed by atoms with Crippen molar-refractivity contribution in [3.8, 4) is 0 Å². The number of hydrogen-bond donors (Lipinski definition) is 1. The van der Waals surface area contributed by atoms with Crippen molar-refractivity contribution >= 4 is 0 Å². The van der Waals surface area contributed by atoms with Gasteiger partial charge in [0.05, 0.1) is 0 Å². The van der Waals surface area contributed by atoms with E-state index in [2.05, 4.69) is 52.0 Å². The van der Waals surface area contributed by atoms with Crippen molar-refractivity contribution in [2.45, 2.75) is 52.0 Å². The van der Waals surface area contributed by atoms with Crippen molar-refractivity contribution in [1.82, 2.24) is 0 Å². The topological polar surface area (TPSA) is 26.0 Å². The van der Waals surface area contributed by atoms with Crippen molar-refractivity contribution in [3.05, 3.63) is 35.4 Å². The van der Waals surface area contributed by atoms with E-state index in [4.69, 9.17) is 5.73 Å². The van der Waals surface area contributed by atoms with Gasteiger partial charge in [0.1, 0.15) is 0 Å². The van der Waals surface area contributed by atoms with E-state index in [0.29, 0.717) is 17.8 Å². The van der Waals surface area contributed by atoms with Crippen molar-refractivity contribution in [2.75, 3.05) is 0 Å². The fourth-order valence-corrected chi connectivity index (χ4v) is 3.27. The largest absolute Gasteiger partial charge is 0.321 e. The van der Waals surface area contributed by atoms with E-state index in [1.807, 2.05) is 0 Å². The first-order valence-corrected chi connectivity index (χ1v) is 6.89. The van der Waals surface area contributed by atoms with Gasteiger partial charge in [0.25, 0.3) is 0 Å². The molecule has 0 aromatic heterocycles. The van der Waals surface area contributed by atoms with Gasteiger partial charge < -0.3 is 5.73 Å². The van der Waals surface area contributed by atoms with Gasteiger partial charge >= 0.3 is 0 Å². The summed E-state index contributed by atoms with van der Waals surface area (Å²) in [5.41, 5.74) is 9.51. The predicted molar refractivity (Wildman–Crippen MR) is 74.0 cm³/mol. The standard InChI is InChI=1S/C16H25N/c1-5-12(3)16(17)10-11(2)13(4)14-8-6-7-9-15(14)16/h6-9,11-13H,5,10,17H2,1-4H3. The third-order valence-corrected chi connectivity index (χ3v) is 4.96. The van der Waals surface area contributed by atoms with Crippen LogP contribution in [0.2, 0.25) is 0 Å². The van der Waals surface area contributed by atoms with Gasteiger partial charge in [0.2, 0.25) is 0 Å². The summed E-state index contributed by atoms with van der Waals surface area (Å²) in [6, 6.07) is 8.78. The van der Waals surface area contributed by atoms with Crippen molar-refractivity contribution in [2.24, 2.45) is 17.6 Å². The monoisotopic (exact) mass is 231 g/mol. The molecule has 2 rings (SSSR count). The molecule has 1 aliphatic carbocycles. The fourth-order valence-electron chi connectivity index (χ4n) is 3.27. The summed E-state index contributed by atoms with van der Waals surface area (Å²) in [6.45, 7) is 9.20. The van der Waals surface area contributed by atoms with E-state index in [0.717, 1.165) is 12.8 Å². The zero-order valence-corrected chi connectivity index (χ0v) is 11.5. The third-order valence-electron chi connectivity index (χ3n) is 4.96. The second-order valence-electron chi connectivity index (χ2n) is 5.91. The molecule has 0 amide bonds. The Hall–Kier alpha value is -0.820. The Kier molecular flexibility index (Phi) is 3.31. The minimum absolute atomic E-state index is 0.128. The van der Waals surface area contributed by atoms with Gasteiger partial charge in [-0.05, 0) is 35.3 Å². The van der Waals surface area contributed by atoms with E-state index in [1.165, 1.54) is 11.1 Å². The molecule has 0 aliphatic heterocycles. The van der Waals surface area contributed by atoms with E-state index >= 15 is 0 Å². The van der Waals surface area contributed by atoms with Gasteiger partial charge in [-0.3, -0.25) is 0 Å². The zero-order valence-electron chi connectivity index (χ0n) is 11.5. The minimum atomic E-state index is -0.128. The minimum Gasteiger partial charge on any atom is -0.321 e. The Morgan fingerprint density at radius 2 is 2.00 bits per heavy atom. The maximum Gasteiger partial charge on any atom is 0.0441 e. The van der Waals surface area contributed by atoms with Crippen LogP contribution in [0.5, 0.6) is 0 Å². The highest BCUT2D eigenvalue weighted by Crippen LogP contribution is 2.47. The molecule has 1 aromatic rings. The third kappa shape index (κ3) is 1.91. The molecule has 2 N–H and O–H groups in total. The van der Waals surface area contributed by atoms with Crippen LogP contribution in [-0.2, 0) is 5.54 Å². The summed E-state index contributed by atoms with van der Waals surface area (Å²) < 4.78 is 0. The normalized spacial score (nSPS) is 34.2. The lowest BCUT2D eigenvalue weighted by atomic mass is 9.63. The lowest BCUT2D eigenvalue weighted by Gasteiger charge is -2.45. The quantitative estimate of drug-likeness (QED) is 0.817. The Morgan fingerprint density at radius 3 is 2.65 bits per heavy atom. The smallest absolute Gasteiger partial charge is 0.0441 e. The van der Waals surface area contributed by atoms with Crippen molar-refractivity contribution < 1.29 is 0 Å². The molecule has 0 saturated heterocycles. The van der Waals surface area contributed by atoms with Crippen LogP contribution >= 0.6 is 0 Å². The SMILES string of the molecule is CCC(C)C1(N)CC(C)C(C)c2ccccc21. The highest BCUT2D eigenvalue weighted by Gasteiger charge is 2.41. The molecule has 0 heterocycles. The van der Waals surface area contributed by atoms with Gasteiger partial charge in [0.15, 0.2) is 0 Å². The highest BCUT2D eigenvalue weighted by atomic mass is 14.8. The molecular weight excluding hydrogens is 206 g/mol. The molecule has 0 bridgehead atoms. The van der Waals surface area contributed by atoms with Gasteiger partial charge in [-0.15, -0.1) is 0 Å². The van der Waals surface area contributed by atoms with Crippen LogP contribution in [0, 0.1) is 11.8 Å². The molecule has 0 fully saturated rings. The number of hydrogen-bond acceptors (Lipinski definition) is 1. The Morgan fingerprint density at radius 1 is 1.35 bits per heavy atom. The van der Waals surface area contributed by atoms with Crippen LogP contribution in [0.25, 0.3) is 0 Å². The lowest BCUT2D eigenvalue weighted by molar-refractivity contribution is 0.197. The maximum absolute atomic E-state index is 6.78. The van der Waals surface area contributed by atoms with Gasteiger partial charge in [0, 0.05) is 5.54 Å². The number of benzene rings is 1. The summed E-state index contributed by atoms with van der Waals surface area (Å²) in [5.74, 6) is 1.84. The molecule has 4 unspecified atom stereocenters. The summed E-state index contributed by atoms with van der Waals surface area (Å²) in [5, 5.41) is 0. The van der Waals surface area contributed by atoms with E-state index in [-0.39, 0.29) is 5.54 Å². The molecule has 0 radical (unpaired) electrons. The zero-order chi connectivity index (χ0) is 12.6. The van der Waals surface area contributed by atoms with Crippen LogP contribution in [0.1, 0.15) is 57.6 Å². The van der Waals surface area contributed by atoms with E-state index in [1.54, 1.807) is 0 Å². The number of nitrogens with two attached hydrogens (primary N) is 1. The average molecular weight is 231 g/mol. The first kappa shape index (κ1) is 12.6. The maximum atomic E-state index is 6.78. The lowest BCUT2D eigenvalue weighted by Crippen LogP contribution is -2.48. The van der Waals surface area contributed by atoms with Crippen LogP contribution in [0.15, 0.2) is 24.3 Å². The summed E-state index contributed by atoms with van der Waals surface area (Å²) in [4.78, 5) is 0. The van der Waals surface area contributed by atoms with Crippen LogP contribution < -0.4 is 5.73 Å². The van der Waals surface area contributed by atoms with E-state index < -0.39 is 0 Å². The predicted octanol–water partition coefficient (Wildman–Crippen LogP) is 4.03. The average Bonchev–Trinajstić information content (AvgIpc) is 2.35. The van der Waals surface area contributed by atoms with Crippen LogP contribution in [-0.4, -0.2) is 0 Å². The van der Waals surface area contributed by atoms with Crippen molar-refractivity contribution in [1.29, 1.82) is 0 Å². The summed E-state index contributed by atoms with van der Waals surface area (Å²) in [6.07, 6.45) is 2.26. The molecule has 0 spiro atoms. The Bertz CT molecular complexity index is 398. The van der Waals surface area contributed by atoms with Crippen LogP contribution in [0.4, 0.5) is 0 Å². The molecule has 4 atom stereocenters. The highest BCUT2D eigenvalue weighted by molar-refractivity contribution is 5.39. The van der Waals surface area contributed by atoms with E-state index in [9.17, 15) is 0 Å². The van der Waals surface area contributed by atoms with Gasteiger partial charge in [-0.1, -0.05) is 58.4 Å². The number of fused-ring (bicyclic) bond motifs is 1. The first-order chi connectivity index (χ1) is 8.00. The first-order valence-electron chi connectivity index (χ1n) is 6.89. The number of rotatable bonds is 2. The molecule has 1 heteroatoms. The molecule has 94 valence electrons. The molecule has 1 aromatic carbocycles. The molecular formula is C16H25N. The Labute approximate surface area is 105 Å². The van der Waals surface area contributed by atoms with Crippen LogP contribution in [0.3, 0.4) is 0 Å². The van der Waals surface area contributed by atoms with Crippen molar-refractivity contribution in [3.63, 3.8) is 0 Å². The fraction of sp³-hybridized carbons (Fsp3) is 0.625. The molecule has 17 heavy (non-hydrogen) atoms. The molecule has 1 aliphatic rings. The van der Waals surface area contributed by atoms with Gasteiger partial charge in [-0.2, -0.15) is 0 Å². The van der Waals surface area contributed by atoms with Gasteiger partial charge in [-0.25, -0.2) is 0 Å². The summed E-state index contributed by atoms with van der Waals surface area (Å²) in [7, 11) is 0. The molecule has 0 saturated carbocycles. The molecule has 1 nitrogen and oxygen atoms in total. The second kappa shape index (κ2) is 4.45.